The number of cyclic esters (lactones) is 1. The molecule has 1 aliphatic rings. The molecule has 0 aromatic rings. The second kappa shape index (κ2) is 1.79. The van der Waals surface area contributed by atoms with Crippen LogP contribution >= 0.6 is 0 Å². The number of ether oxygens (including phenoxy) is 1. The largest absolute Gasteiger partial charge is 0.540 e. The first-order valence-electron chi connectivity index (χ1n) is 1.86. The Kier molecular flexibility index (Phi) is 1.12. The Labute approximate surface area is 39.9 Å². The van der Waals surface area contributed by atoms with Gasteiger partial charge >= 0.3 is 6.16 Å². The number of hydrogen-bond donors (Lipinski definition) is 0. The molecule has 0 atom stereocenters. The zero-order chi connectivity index (χ0) is 5.11. The van der Waals surface area contributed by atoms with Gasteiger partial charge in [0.2, 0.25) is 0 Å². The molecule has 1 saturated heterocycles. The predicted molar refractivity (Wildman–Crippen MR) is 18.4 cm³/mol. The quantitative estimate of drug-likeness (QED) is 0.322. The van der Waals surface area contributed by atoms with E-state index in [2.05, 4.69) is 14.5 Å². The molecule has 0 saturated carbocycles. The summed E-state index contributed by atoms with van der Waals surface area (Å²) in [5.41, 5.74) is 0. The monoisotopic (exact) mass is 104 g/mol. The van der Waals surface area contributed by atoms with E-state index in [1.165, 1.54) is 0 Å². The van der Waals surface area contributed by atoms with E-state index < -0.39 is 6.16 Å². The minimum absolute atomic E-state index is 0.291. The summed E-state index contributed by atoms with van der Waals surface area (Å²) >= 11 is 0. The summed E-state index contributed by atoms with van der Waals surface area (Å²) in [5.74, 6) is 0. The molecule has 0 spiro atoms. The highest BCUT2D eigenvalue weighted by atomic mass is 17.2. The molecule has 1 aliphatic heterocycles. The van der Waals surface area contributed by atoms with Crippen molar-refractivity contribution in [2.45, 2.75) is 0 Å². The van der Waals surface area contributed by atoms with Crippen LogP contribution in [-0.4, -0.2) is 19.4 Å². The maximum Gasteiger partial charge on any atom is 0.540 e. The molecule has 0 unspecified atom stereocenters. The Bertz CT molecular complexity index is 71.0. The van der Waals surface area contributed by atoms with Gasteiger partial charge in [-0.2, -0.15) is 4.89 Å². The molecule has 0 radical (unpaired) electrons. The summed E-state index contributed by atoms with van der Waals surface area (Å²) in [7, 11) is 0. The van der Waals surface area contributed by atoms with Crippen LogP contribution in [0.1, 0.15) is 0 Å². The Morgan fingerprint density at radius 1 is 1.43 bits per heavy atom. The van der Waals surface area contributed by atoms with Gasteiger partial charge in [-0.3, -0.25) is 4.89 Å². The minimum atomic E-state index is -0.758. The molecule has 0 N–H and O–H groups in total. The van der Waals surface area contributed by atoms with Gasteiger partial charge in [-0.15, -0.1) is 0 Å². The highest BCUT2D eigenvalue weighted by molar-refractivity contribution is 5.59. The van der Waals surface area contributed by atoms with E-state index in [4.69, 9.17) is 0 Å². The van der Waals surface area contributed by atoms with Crippen LogP contribution in [0.5, 0.6) is 0 Å². The Balaban J connectivity index is 2.25. The SMILES string of the molecule is O=C1OCCOO1. The number of carbonyl (C=O) groups excluding carboxylic acids is 1. The smallest absolute Gasteiger partial charge is 0.430 e. The van der Waals surface area contributed by atoms with Gasteiger partial charge in [0, 0.05) is 0 Å². The van der Waals surface area contributed by atoms with Crippen molar-refractivity contribution < 1.29 is 19.3 Å². The maximum absolute atomic E-state index is 9.89. The first-order valence-corrected chi connectivity index (χ1v) is 1.86. The fraction of sp³-hybridized carbons (Fsp3) is 0.667. The third-order valence-electron chi connectivity index (χ3n) is 0.514. The van der Waals surface area contributed by atoms with Crippen LogP contribution in [0.2, 0.25) is 0 Å². The molecule has 4 nitrogen and oxygen atoms in total. The lowest BCUT2D eigenvalue weighted by molar-refractivity contribution is -0.285. The van der Waals surface area contributed by atoms with Crippen molar-refractivity contribution in [3.8, 4) is 0 Å². The zero-order valence-corrected chi connectivity index (χ0v) is 3.55. The van der Waals surface area contributed by atoms with Crippen LogP contribution in [0, 0.1) is 0 Å². The number of carbonyl (C=O) groups is 1. The van der Waals surface area contributed by atoms with Gasteiger partial charge in [0.25, 0.3) is 0 Å². The van der Waals surface area contributed by atoms with Crippen molar-refractivity contribution in [1.29, 1.82) is 0 Å². The van der Waals surface area contributed by atoms with Gasteiger partial charge in [-0.25, -0.2) is 4.79 Å². The van der Waals surface area contributed by atoms with Crippen molar-refractivity contribution >= 4 is 6.16 Å². The van der Waals surface area contributed by atoms with Crippen molar-refractivity contribution in [3.05, 3.63) is 0 Å². The molecule has 0 aromatic carbocycles. The first kappa shape index (κ1) is 4.39. The summed E-state index contributed by atoms with van der Waals surface area (Å²) in [6, 6.07) is 0. The van der Waals surface area contributed by atoms with Crippen LogP contribution < -0.4 is 0 Å². The van der Waals surface area contributed by atoms with Gasteiger partial charge in [0.05, 0.1) is 0 Å². The van der Waals surface area contributed by atoms with Crippen molar-refractivity contribution in [2.24, 2.45) is 0 Å². The van der Waals surface area contributed by atoms with Crippen LogP contribution in [0.3, 0.4) is 0 Å². The fourth-order valence-corrected chi connectivity index (χ4v) is 0.273. The third-order valence-corrected chi connectivity index (χ3v) is 0.514. The van der Waals surface area contributed by atoms with Crippen molar-refractivity contribution in [1.82, 2.24) is 0 Å². The summed E-state index contributed by atoms with van der Waals surface area (Å²) in [6.45, 7) is 0.616. The van der Waals surface area contributed by atoms with Gasteiger partial charge in [-0.05, 0) is 0 Å². The van der Waals surface area contributed by atoms with E-state index in [0.29, 0.717) is 13.2 Å². The van der Waals surface area contributed by atoms with E-state index in [1.807, 2.05) is 0 Å². The highest BCUT2D eigenvalue weighted by Gasteiger charge is 2.09. The van der Waals surface area contributed by atoms with E-state index in [0.717, 1.165) is 0 Å². The van der Waals surface area contributed by atoms with E-state index in [9.17, 15) is 4.79 Å². The molecular weight excluding hydrogens is 100 g/mol. The lowest BCUT2D eigenvalue weighted by atomic mass is 10.8. The first-order chi connectivity index (χ1) is 3.39. The second-order valence-electron chi connectivity index (χ2n) is 1.00. The molecule has 1 heterocycles. The average Bonchev–Trinajstić information content (AvgIpc) is 1.69. The number of rotatable bonds is 0. The molecule has 4 heteroatoms. The summed E-state index contributed by atoms with van der Waals surface area (Å²) in [5, 5.41) is 0. The van der Waals surface area contributed by atoms with Gasteiger partial charge in [0.1, 0.15) is 13.2 Å². The lowest BCUT2D eigenvalue weighted by Gasteiger charge is -2.08. The molecule has 0 aromatic heterocycles. The van der Waals surface area contributed by atoms with E-state index in [1.54, 1.807) is 0 Å². The van der Waals surface area contributed by atoms with Gasteiger partial charge in [-0.1, -0.05) is 0 Å². The molecule has 40 valence electrons. The van der Waals surface area contributed by atoms with Crippen LogP contribution in [0.15, 0.2) is 0 Å². The molecule has 1 fully saturated rings. The normalized spacial score (nSPS) is 20.3. The Morgan fingerprint density at radius 3 is 2.57 bits per heavy atom. The summed E-state index contributed by atoms with van der Waals surface area (Å²) in [4.78, 5) is 18.0. The van der Waals surface area contributed by atoms with Gasteiger partial charge < -0.3 is 4.74 Å². The van der Waals surface area contributed by atoms with Crippen LogP contribution in [0.4, 0.5) is 4.79 Å². The van der Waals surface area contributed by atoms with Crippen molar-refractivity contribution in [2.75, 3.05) is 13.2 Å². The molecule has 7 heavy (non-hydrogen) atoms. The topological polar surface area (TPSA) is 44.8 Å². The zero-order valence-electron chi connectivity index (χ0n) is 3.55. The molecule has 1 rings (SSSR count). The van der Waals surface area contributed by atoms with E-state index in [-0.39, 0.29) is 0 Å². The maximum atomic E-state index is 9.89. The highest BCUT2D eigenvalue weighted by Crippen LogP contribution is 1.92. The summed E-state index contributed by atoms with van der Waals surface area (Å²) in [6.07, 6.45) is -0.758. The number of hydrogen-bond acceptors (Lipinski definition) is 4. The predicted octanol–water partition coefficient (Wildman–Crippen LogP) is 0.0848. The lowest BCUT2D eigenvalue weighted by Crippen LogP contribution is -2.19. The third kappa shape index (κ3) is 1.04. The molecule has 0 aliphatic carbocycles. The van der Waals surface area contributed by atoms with Crippen LogP contribution in [-0.2, 0) is 14.5 Å². The average molecular weight is 104 g/mol. The molecule has 0 bridgehead atoms. The fourth-order valence-electron chi connectivity index (χ4n) is 0.273. The van der Waals surface area contributed by atoms with Crippen LogP contribution in [0.25, 0.3) is 0 Å². The van der Waals surface area contributed by atoms with E-state index >= 15 is 0 Å². The second-order valence-corrected chi connectivity index (χ2v) is 1.00. The van der Waals surface area contributed by atoms with Gasteiger partial charge in [0.15, 0.2) is 0 Å². The molecule has 0 amide bonds. The molecular formula is C3H4O4. The summed E-state index contributed by atoms with van der Waals surface area (Å²) < 4.78 is 4.29. The van der Waals surface area contributed by atoms with Crippen molar-refractivity contribution in [3.63, 3.8) is 0 Å². The Hall–Kier alpha value is -0.770. The minimum Gasteiger partial charge on any atom is -0.430 e. The Morgan fingerprint density at radius 2 is 2.29 bits per heavy atom. The standard InChI is InChI=1S/C3H4O4/c4-3-5-1-2-6-7-3/h1-2H2.